The van der Waals surface area contributed by atoms with Gasteiger partial charge in [-0.15, -0.1) is 0 Å². The van der Waals surface area contributed by atoms with Crippen LogP contribution in [-0.2, 0) is 9.59 Å². The van der Waals surface area contributed by atoms with Crippen molar-refractivity contribution in [3.63, 3.8) is 0 Å². The maximum atomic E-state index is 12.5. The number of rotatable bonds is 7. The van der Waals surface area contributed by atoms with Gasteiger partial charge in [-0.05, 0) is 41.3 Å². The normalized spacial score (nSPS) is 15.2. The first-order chi connectivity index (χ1) is 13.8. The zero-order chi connectivity index (χ0) is 21.0. The molecule has 0 spiro atoms. The van der Waals surface area contributed by atoms with Crippen LogP contribution < -0.4 is 0 Å². The summed E-state index contributed by atoms with van der Waals surface area (Å²) in [5, 5.41) is 17.7. The molecule has 0 radical (unpaired) electrons. The van der Waals surface area contributed by atoms with Gasteiger partial charge in [0.1, 0.15) is 4.32 Å². The standard InChI is InChI=1S/C21H17NO5S2/c23-18(24)2-1-11-22-19(25)17(29-21(22)28)12-13-3-5-14(6-4-13)15-7-9-16(10-8-15)20(26)27/h3-10,12H,1-2,11H2,(H,23,24)(H,26,27). The molecular formula is C21H17NO5S2. The van der Waals surface area contributed by atoms with Gasteiger partial charge in [0.15, 0.2) is 0 Å². The van der Waals surface area contributed by atoms with Crippen molar-refractivity contribution in [3.8, 4) is 11.1 Å². The molecule has 1 aliphatic rings. The summed E-state index contributed by atoms with van der Waals surface area (Å²) in [6.07, 6.45) is 2.10. The van der Waals surface area contributed by atoms with E-state index < -0.39 is 11.9 Å². The van der Waals surface area contributed by atoms with E-state index in [9.17, 15) is 14.4 Å². The molecule has 2 N–H and O–H groups in total. The number of thioether (sulfide) groups is 1. The van der Waals surface area contributed by atoms with Gasteiger partial charge in [-0.1, -0.05) is 60.4 Å². The predicted octanol–water partition coefficient (Wildman–Crippen LogP) is 4.12. The van der Waals surface area contributed by atoms with Crippen LogP contribution in [0.25, 0.3) is 17.2 Å². The van der Waals surface area contributed by atoms with Gasteiger partial charge >= 0.3 is 11.9 Å². The quantitative estimate of drug-likeness (QED) is 0.507. The highest BCUT2D eigenvalue weighted by molar-refractivity contribution is 8.26. The van der Waals surface area contributed by atoms with E-state index in [4.69, 9.17) is 22.4 Å². The van der Waals surface area contributed by atoms with Gasteiger partial charge in [-0.2, -0.15) is 0 Å². The van der Waals surface area contributed by atoms with Gasteiger partial charge < -0.3 is 10.2 Å². The van der Waals surface area contributed by atoms with Crippen LogP contribution in [0.5, 0.6) is 0 Å². The van der Waals surface area contributed by atoms with E-state index in [0.29, 0.717) is 22.2 Å². The minimum absolute atomic E-state index is 0.00891. The Kier molecular flexibility index (Phi) is 6.46. The molecule has 0 aliphatic carbocycles. The molecule has 2 aromatic rings. The van der Waals surface area contributed by atoms with Crippen LogP contribution in [0.2, 0.25) is 0 Å². The minimum atomic E-state index is -0.966. The average molecular weight is 428 g/mol. The first kappa shape index (κ1) is 20.8. The van der Waals surface area contributed by atoms with Crippen LogP contribution in [-0.4, -0.2) is 43.8 Å². The number of hydrogen-bond donors (Lipinski definition) is 2. The third-order valence-corrected chi connectivity index (χ3v) is 5.70. The maximum Gasteiger partial charge on any atom is 0.335 e. The predicted molar refractivity (Wildman–Crippen MR) is 116 cm³/mol. The lowest BCUT2D eigenvalue weighted by Crippen LogP contribution is -2.29. The summed E-state index contributed by atoms with van der Waals surface area (Å²) >= 11 is 6.45. The van der Waals surface area contributed by atoms with E-state index in [1.807, 2.05) is 24.3 Å². The molecule has 0 saturated carbocycles. The first-order valence-electron chi connectivity index (χ1n) is 8.76. The molecule has 2 aromatic carbocycles. The first-order valence-corrected chi connectivity index (χ1v) is 9.98. The van der Waals surface area contributed by atoms with Gasteiger partial charge in [0.2, 0.25) is 0 Å². The lowest BCUT2D eigenvalue weighted by molar-refractivity contribution is -0.137. The maximum absolute atomic E-state index is 12.5. The zero-order valence-corrected chi connectivity index (χ0v) is 16.8. The Labute approximate surface area is 176 Å². The second-order valence-corrected chi connectivity index (χ2v) is 8.01. The Hall–Kier alpha value is -2.97. The molecule has 148 valence electrons. The molecule has 1 amide bonds. The summed E-state index contributed by atoms with van der Waals surface area (Å²) in [4.78, 5) is 36.0. The highest BCUT2D eigenvalue weighted by Crippen LogP contribution is 2.33. The average Bonchev–Trinajstić information content (AvgIpc) is 2.96. The fraction of sp³-hybridized carbons (Fsp3) is 0.143. The van der Waals surface area contributed by atoms with E-state index in [1.165, 1.54) is 16.7 Å². The van der Waals surface area contributed by atoms with Crippen molar-refractivity contribution in [1.82, 2.24) is 4.90 Å². The second-order valence-electron chi connectivity index (χ2n) is 6.34. The van der Waals surface area contributed by atoms with Crippen molar-refractivity contribution >= 4 is 52.2 Å². The summed E-state index contributed by atoms with van der Waals surface area (Å²) < 4.78 is 0.432. The van der Waals surface area contributed by atoms with Crippen LogP contribution in [0.3, 0.4) is 0 Å². The molecule has 3 rings (SSSR count). The summed E-state index contributed by atoms with van der Waals surface area (Å²) in [7, 11) is 0. The number of carbonyl (C=O) groups is 3. The molecule has 8 heteroatoms. The Balaban J connectivity index is 1.70. The van der Waals surface area contributed by atoms with Gasteiger partial charge in [-0.3, -0.25) is 14.5 Å². The van der Waals surface area contributed by atoms with Crippen LogP contribution >= 0.6 is 24.0 Å². The monoisotopic (exact) mass is 427 g/mol. The number of amides is 1. The van der Waals surface area contributed by atoms with Gasteiger partial charge in [0.25, 0.3) is 5.91 Å². The number of carboxylic acids is 2. The zero-order valence-electron chi connectivity index (χ0n) is 15.2. The molecule has 6 nitrogen and oxygen atoms in total. The third kappa shape index (κ3) is 5.10. The summed E-state index contributed by atoms with van der Waals surface area (Å²) in [6, 6.07) is 14.2. The lowest BCUT2D eigenvalue weighted by atomic mass is 10.0. The lowest BCUT2D eigenvalue weighted by Gasteiger charge is -2.13. The largest absolute Gasteiger partial charge is 0.481 e. The smallest absolute Gasteiger partial charge is 0.335 e. The highest BCUT2D eigenvalue weighted by atomic mass is 32.2. The van der Waals surface area contributed by atoms with Crippen LogP contribution in [0.1, 0.15) is 28.8 Å². The van der Waals surface area contributed by atoms with Crippen molar-refractivity contribution in [1.29, 1.82) is 0 Å². The Bertz CT molecular complexity index is 997. The van der Waals surface area contributed by atoms with Gasteiger partial charge in [0.05, 0.1) is 10.5 Å². The minimum Gasteiger partial charge on any atom is -0.481 e. The number of benzene rings is 2. The number of hydrogen-bond acceptors (Lipinski definition) is 5. The van der Waals surface area contributed by atoms with Crippen LogP contribution in [0.4, 0.5) is 0 Å². The van der Waals surface area contributed by atoms with Gasteiger partial charge in [-0.25, -0.2) is 4.79 Å². The molecule has 29 heavy (non-hydrogen) atoms. The topological polar surface area (TPSA) is 94.9 Å². The Morgan fingerprint density at radius 1 is 1.00 bits per heavy atom. The molecule has 0 aromatic heterocycles. The van der Waals surface area contributed by atoms with E-state index in [0.717, 1.165) is 16.7 Å². The summed E-state index contributed by atoms with van der Waals surface area (Å²) in [5.41, 5.74) is 2.89. The number of aromatic carboxylic acids is 1. The number of carboxylic acid groups (broad SMARTS) is 2. The van der Waals surface area contributed by atoms with E-state index in [-0.39, 0.29) is 17.9 Å². The highest BCUT2D eigenvalue weighted by Gasteiger charge is 2.31. The third-order valence-electron chi connectivity index (χ3n) is 4.32. The van der Waals surface area contributed by atoms with Crippen molar-refractivity contribution in [2.75, 3.05) is 6.54 Å². The van der Waals surface area contributed by atoms with Crippen molar-refractivity contribution in [2.24, 2.45) is 0 Å². The van der Waals surface area contributed by atoms with E-state index in [2.05, 4.69) is 0 Å². The van der Waals surface area contributed by atoms with Crippen LogP contribution in [0.15, 0.2) is 53.4 Å². The molecule has 1 saturated heterocycles. The molecule has 0 atom stereocenters. The van der Waals surface area contributed by atoms with Crippen LogP contribution in [0, 0.1) is 0 Å². The summed E-state index contributed by atoms with van der Waals surface area (Å²) in [5.74, 6) is -2.07. The molecular weight excluding hydrogens is 410 g/mol. The molecule has 1 aliphatic heterocycles. The van der Waals surface area contributed by atoms with E-state index >= 15 is 0 Å². The van der Waals surface area contributed by atoms with Crippen molar-refractivity contribution < 1.29 is 24.6 Å². The fourth-order valence-electron chi connectivity index (χ4n) is 2.81. The molecule has 1 heterocycles. The van der Waals surface area contributed by atoms with Gasteiger partial charge in [0, 0.05) is 13.0 Å². The number of carbonyl (C=O) groups excluding carboxylic acids is 1. The molecule has 0 bridgehead atoms. The van der Waals surface area contributed by atoms with Crippen molar-refractivity contribution in [3.05, 3.63) is 64.6 Å². The Morgan fingerprint density at radius 2 is 1.59 bits per heavy atom. The molecule has 0 unspecified atom stereocenters. The number of aliphatic carboxylic acids is 1. The SMILES string of the molecule is O=C(O)CCCN1C(=O)C(=Cc2ccc(-c3ccc(C(=O)O)cc3)cc2)SC1=S. The number of nitrogens with zero attached hydrogens (tertiary/aromatic N) is 1. The number of thiocarbonyl (C=S) groups is 1. The second kappa shape index (κ2) is 9.02. The Morgan fingerprint density at radius 3 is 2.14 bits per heavy atom. The molecule has 1 fully saturated rings. The van der Waals surface area contributed by atoms with Crippen molar-refractivity contribution in [2.45, 2.75) is 12.8 Å². The fourth-order valence-corrected chi connectivity index (χ4v) is 4.12. The van der Waals surface area contributed by atoms with E-state index in [1.54, 1.807) is 30.3 Å². The summed E-state index contributed by atoms with van der Waals surface area (Å²) in [6.45, 7) is 0.291.